The monoisotopic (exact) mass is 483 g/mol. The number of rotatable bonds is 7. The Balaban J connectivity index is 1.35. The molecular formula is C27H45N5OSi. The molecule has 2 aromatic rings. The molecule has 1 aliphatic carbocycles. The number of aromatic nitrogens is 3. The fourth-order valence-corrected chi connectivity index (χ4v) is 6.76. The Morgan fingerprint density at radius 3 is 2.41 bits per heavy atom. The minimum atomic E-state index is -1.68. The number of nitrogens with zero attached hydrogens (tertiary/aromatic N) is 4. The van der Waals surface area contributed by atoms with Gasteiger partial charge in [0.15, 0.2) is 8.32 Å². The Hall–Kier alpha value is -1.73. The number of hydrogen-bond donors (Lipinski definition) is 1. The van der Waals surface area contributed by atoms with E-state index in [-0.39, 0.29) is 5.04 Å². The molecule has 2 fully saturated rings. The van der Waals surface area contributed by atoms with Crippen LogP contribution in [0.5, 0.6) is 0 Å². The van der Waals surface area contributed by atoms with E-state index in [0.29, 0.717) is 17.8 Å². The fraction of sp³-hybridized carbons (Fsp3) is 0.741. The lowest BCUT2D eigenvalue weighted by molar-refractivity contribution is 0.0994. The summed E-state index contributed by atoms with van der Waals surface area (Å²) in [5.74, 6) is 2.91. The van der Waals surface area contributed by atoms with Crippen LogP contribution in [-0.2, 0) is 10.8 Å². The van der Waals surface area contributed by atoms with E-state index in [1.807, 2.05) is 12.4 Å². The zero-order valence-electron chi connectivity index (χ0n) is 22.2. The molecular weight excluding hydrogens is 438 g/mol. The molecule has 188 valence electrons. The van der Waals surface area contributed by atoms with Gasteiger partial charge in [0, 0.05) is 31.8 Å². The number of pyridine rings is 1. The van der Waals surface area contributed by atoms with Gasteiger partial charge in [-0.05, 0) is 74.9 Å². The molecule has 1 atom stereocenters. The predicted octanol–water partition coefficient (Wildman–Crippen LogP) is 6.36. The van der Waals surface area contributed by atoms with Crippen LogP contribution in [0.25, 0.3) is 10.9 Å². The number of fused-ring (bicyclic) bond motifs is 1. The third kappa shape index (κ3) is 5.56. The molecule has 0 aromatic carbocycles. The molecule has 7 heteroatoms. The second kappa shape index (κ2) is 10.1. The number of nitrogen functional groups attached to an aromatic ring is 1. The minimum Gasteiger partial charge on any atom is -0.414 e. The van der Waals surface area contributed by atoms with Crippen LogP contribution in [0, 0.1) is 11.8 Å². The number of hydrogen-bond acceptors (Lipinski definition) is 6. The molecule has 0 radical (unpaired) electrons. The van der Waals surface area contributed by atoms with Crippen molar-refractivity contribution in [2.75, 3.05) is 23.7 Å². The molecule has 6 nitrogen and oxygen atoms in total. The molecule has 34 heavy (non-hydrogen) atoms. The van der Waals surface area contributed by atoms with Gasteiger partial charge in [-0.1, -0.05) is 27.7 Å². The molecule has 1 saturated heterocycles. The Bertz CT molecular complexity index is 975. The Morgan fingerprint density at radius 2 is 1.76 bits per heavy atom. The molecule has 0 amide bonds. The quantitative estimate of drug-likeness (QED) is 0.462. The average molecular weight is 484 g/mol. The third-order valence-electron chi connectivity index (χ3n) is 8.74. The second-order valence-electron chi connectivity index (χ2n) is 12.2. The molecule has 1 aliphatic heterocycles. The smallest absolute Gasteiger partial charge is 0.192 e. The summed E-state index contributed by atoms with van der Waals surface area (Å²) in [5, 5.41) is 1.16. The van der Waals surface area contributed by atoms with E-state index in [0.717, 1.165) is 54.3 Å². The van der Waals surface area contributed by atoms with Gasteiger partial charge in [0.05, 0.1) is 17.3 Å². The highest BCUT2D eigenvalue weighted by molar-refractivity contribution is 6.74. The molecule has 0 bridgehead atoms. The van der Waals surface area contributed by atoms with Gasteiger partial charge in [0.25, 0.3) is 0 Å². The van der Waals surface area contributed by atoms with Crippen molar-refractivity contribution in [3.05, 3.63) is 18.2 Å². The van der Waals surface area contributed by atoms with Crippen LogP contribution in [0.1, 0.15) is 78.5 Å². The maximum atomic E-state index is 6.70. The minimum absolute atomic E-state index is 0.284. The normalized spacial score (nSPS) is 22.9. The van der Waals surface area contributed by atoms with Gasteiger partial charge in [-0.2, -0.15) is 0 Å². The largest absolute Gasteiger partial charge is 0.414 e. The van der Waals surface area contributed by atoms with E-state index in [1.165, 1.54) is 38.5 Å². The summed E-state index contributed by atoms with van der Waals surface area (Å²) in [6, 6.07) is 0. The average Bonchev–Trinajstić information content (AvgIpc) is 3.32. The highest BCUT2D eigenvalue weighted by Crippen LogP contribution is 2.41. The first-order valence-electron chi connectivity index (χ1n) is 13.4. The summed E-state index contributed by atoms with van der Waals surface area (Å²) in [6.07, 6.45) is 13.7. The zero-order valence-corrected chi connectivity index (χ0v) is 23.2. The van der Waals surface area contributed by atoms with Gasteiger partial charge in [-0.25, -0.2) is 15.0 Å². The molecule has 1 unspecified atom stereocenters. The van der Waals surface area contributed by atoms with Crippen LogP contribution in [0.3, 0.4) is 0 Å². The highest BCUT2D eigenvalue weighted by atomic mass is 28.4. The van der Waals surface area contributed by atoms with Crippen molar-refractivity contribution in [3.63, 3.8) is 0 Å². The van der Waals surface area contributed by atoms with E-state index in [4.69, 9.17) is 15.1 Å². The molecule has 4 rings (SSSR count). The Morgan fingerprint density at radius 1 is 1.09 bits per heavy atom. The van der Waals surface area contributed by atoms with Gasteiger partial charge in [0.2, 0.25) is 0 Å². The van der Waals surface area contributed by atoms with Gasteiger partial charge >= 0.3 is 0 Å². The van der Waals surface area contributed by atoms with Gasteiger partial charge < -0.3 is 15.1 Å². The number of anilines is 2. The predicted molar refractivity (Wildman–Crippen MR) is 145 cm³/mol. The molecule has 0 spiro atoms. The second-order valence-corrected chi connectivity index (χ2v) is 17.0. The van der Waals surface area contributed by atoms with Crippen LogP contribution in [0.2, 0.25) is 18.1 Å². The first-order chi connectivity index (χ1) is 16.0. The van der Waals surface area contributed by atoms with E-state index >= 15 is 0 Å². The fourth-order valence-electron chi connectivity index (χ4n) is 5.33. The first kappa shape index (κ1) is 25.4. The van der Waals surface area contributed by atoms with Crippen molar-refractivity contribution in [1.82, 2.24) is 15.0 Å². The number of nitrogens with two attached hydrogens (primary N) is 1. The van der Waals surface area contributed by atoms with Gasteiger partial charge in [-0.3, -0.25) is 0 Å². The van der Waals surface area contributed by atoms with Crippen molar-refractivity contribution in [3.8, 4) is 0 Å². The lowest BCUT2D eigenvalue weighted by atomic mass is 9.78. The topological polar surface area (TPSA) is 77.2 Å². The van der Waals surface area contributed by atoms with E-state index in [9.17, 15) is 0 Å². The van der Waals surface area contributed by atoms with Gasteiger partial charge in [0.1, 0.15) is 17.2 Å². The lowest BCUT2D eigenvalue weighted by Gasteiger charge is -2.42. The van der Waals surface area contributed by atoms with E-state index in [2.05, 4.69) is 55.7 Å². The molecule has 3 heterocycles. The third-order valence-corrected chi connectivity index (χ3v) is 13.3. The van der Waals surface area contributed by atoms with Crippen LogP contribution in [-0.4, -0.2) is 42.5 Å². The standard InChI is InChI=1S/C27H45N5OSi/c1-19(20-10-12-21(13-11-20)33-34(5,6)27(2,3)4)9-14-24-29-17-22-25(31-24)23(18-30-26(22)28)32-15-7-8-16-32/h17-21H,7-16H2,1-6H3,(H2,28,30). The summed E-state index contributed by atoms with van der Waals surface area (Å²) in [4.78, 5) is 16.4. The molecule has 2 aromatic heterocycles. The Kier molecular flexibility index (Phi) is 7.53. The van der Waals surface area contributed by atoms with E-state index in [1.54, 1.807) is 0 Å². The summed E-state index contributed by atoms with van der Waals surface area (Å²) < 4.78 is 6.70. The summed E-state index contributed by atoms with van der Waals surface area (Å²) in [6.45, 7) is 16.3. The van der Waals surface area contributed by atoms with Crippen LogP contribution >= 0.6 is 0 Å². The molecule has 1 saturated carbocycles. The van der Waals surface area contributed by atoms with Crippen molar-refractivity contribution in [2.45, 2.75) is 103 Å². The van der Waals surface area contributed by atoms with Crippen LogP contribution < -0.4 is 10.6 Å². The molecule has 2 N–H and O–H groups in total. The van der Waals surface area contributed by atoms with Crippen molar-refractivity contribution >= 4 is 30.7 Å². The summed E-state index contributed by atoms with van der Waals surface area (Å²) >= 11 is 0. The number of aryl methyl sites for hydroxylation is 1. The van der Waals surface area contributed by atoms with E-state index < -0.39 is 8.32 Å². The van der Waals surface area contributed by atoms with Crippen molar-refractivity contribution < 1.29 is 4.43 Å². The van der Waals surface area contributed by atoms with Crippen molar-refractivity contribution in [1.29, 1.82) is 0 Å². The summed E-state index contributed by atoms with van der Waals surface area (Å²) in [5.41, 5.74) is 8.23. The maximum Gasteiger partial charge on any atom is 0.192 e. The first-order valence-corrected chi connectivity index (χ1v) is 16.3. The van der Waals surface area contributed by atoms with Crippen LogP contribution in [0.15, 0.2) is 12.4 Å². The maximum absolute atomic E-state index is 6.70. The highest BCUT2D eigenvalue weighted by Gasteiger charge is 2.40. The Labute approximate surface area is 207 Å². The van der Waals surface area contributed by atoms with Crippen LogP contribution in [0.4, 0.5) is 11.5 Å². The molecule has 2 aliphatic rings. The summed E-state index contributed by atoms with van der Waals surface area (Å²) in [7, 11) is -1.68. The zero-order chi connectivity index (χ0) is 24.5. The lowest BCUT2D eigenvalue weighted by Crippen LogP contribution is -2.44. The van der Waals surface area contributed by atoms with Crippen molar-refractivity contribution in [2.24, 2.45) is 11.8 Å². The SMILES string of the molecule is CC(CCc1ncc2c(N)ncc(N3CCCC3)c2n1)C1CCC(O[Si](C)(C)C(C)(C)C)CC1. The van der Waals surface area contributed by atoms with Gasteiger partial charge in [-0.15, -0.1) is 0 Å².